The minimum atomic E-state index is -0.0817. The lowest BCUT2D eigenvalue weighted by Gasteiger charge is -2.14. The molecule has 0 radical (unpaired) electrons. The van der Waals surface area contributed by atoms with Gasteiger partial charge in [0.15, 0.2) is 0 Å². The number of para-hydroxylation sites is 1. The van der Waals surface area contributed by atoms with Gasteiger partial charge in [-0.3, -0.25) is 4.79 Å². The van der Waals surface area contributed by atoms with Crippen LogP contribution in [0.5, 0.6) is 5.75 Å². The van der Waals surface area contributed by atoms with Crippen molar-refractivity contribution in [2.45, 2.75) is 12.5 Å². The molecule has 1 atom stereocenters. The third kappa shape index (κ3) is 4.67. The molecule has 0 bridgehead atoms. The van der Waals surface area contributed by atoms with Crippen molar-refractivity contribution in [2.75, 3.05) is 33.4 Å². The number of halogens is 1. The van der Waals surface area contributed by atoms with Gasteiger partial charge in [0.25, 0.3) is 5.91 Å². The zero-order valence-electron chi connectivity index (χ0n) is 11.6. The Balaban J connectivity index is 0.00000200. The van der Waals surface area contributed by atoms with E-state index in [1.165, 1.54) is 0 Å². The molecule has 0 spiro atoms. The van der Waals surface area contributed by atoms with Crippen molar-refractivity contribution in [2.24, 2.45) is 0 Å². The van der Waals surface area contributed by atoms with E-state index in [-0.39, 0.29) is 24.4 Å². The van der Waals surface area contributed by atoms with Crippen LogP contribution in [0.1, 0.15) is 16.8 Å². The Morgan fingerprint density at radius 1 is 1.40 bits per heavy atom. The number of methoxy groups -OCH3 is 1. The van der Waals surface area contributed by atoms with Gasteiger partial charge in [0.05, 0.1) is 12.2 Å². The molecule has 20 heavy (non-hydrogen) atoms. The highest BCUT2D eigenvalue weighted by molar-refractivity contribution is 5.97. The predicted octanol–water partition coefficient (Wildman–Crippen LogP) is 1.23. The maximum absolute atomic E-state index is 12.2. The van der Waals surface area contributed by atoms with Gasteiger partial charge >= 0.3 is 0 Å². The van der Waals surface area contributed by atoms with Gasteiger partial charge in [-0.25, -0.2) is 0 Å². The van der Waals surface area contributed by atoms with Crippen LogP contribution in [0.4, 0.5) is 0 Å². The first-order chi connectivity index (χ1) is 9.31. The zero-order chi connectivity index (χ0) is 13.5. The van der Waals surface area contributed by atoms with Gasteiger partial charge in [-0.15, -0.1) is 12.4 Å². The molecule has 0 aliphatic carbocycles. The Hall–Kier alpha value is -1.30. The average Bonchev–Trinajstić information content (AvgIpc) is 2.92. The van der Waals surface area contributed by atoms with Crippen LogP contribution in [0.3, 0.4) is 0 Å². The number of carbonyl (C=O) groups is 1. The van der Waals surface area contributed by atoms with Crippen molar-refractivity contribution in [1.82, 2.24) is 10.6 Å². The van der Waals surface area contributed by atoms with Crippen LogP contribution in [0, 0.1) is 0 Å². The molecule has 0 saturated carbocycles. The van der Waals surface area contributed by atoms with Crippen LogP contribution < -0.4 is 15.4 Å². The highest BCUT2D eigenvalue weighted by Crippen LogP contribution is 2.18. The van der Waals surface area contributed by atoms with Gasteiger partial charge in [0.2, 0.25) is 0 Å². The van der Waals surface area contributed by atoms with Gasteiger partial charge in [-0.05, 0) is 25.1 Å². The summed E-state index contributed by atoms with van der Waals surface area (Å²) in [6.45, 7) is 2.73. The molecule has 1 fully saturated rings. The summed E-state index contributed by atoms with van der Waals surface area (Å²) in [5.41, 5.74) is 0.575. The fourth-order valence-corrected chi connectivity index (χ4v) is 2.06. The Bertz CT molecular complexity index is 423. The van der Waals surface area contributed by atoms with Crippen molar-refractivity contribution in [1.29, 1.82) is 0 Å². The molecule has 0 aromatic heterocycles. The topological polar surface area (TPSA) is 59.6 Å². The fraction of sp³-hybridized carbons (Fsp3) is 0.500. The van der Waals surface area contributed by atoms with Crippen molar-refractivity contribution in [3.8, 4) is 5.75 Å². The van der Waals surface area contributed by atoms with Crippen molar-refractivity contribution >= 4 is 18.3 Å². The smallest absolute Gasteiger partial charge is 0.255 e. The van der Waals surface area contributed by atoms with E-state index < -0.39 is 0 Å². The Morgan fingerprint density at radius 3 is 2.90 bits per heavy atom. The Morgan fingerprint density at radius 2 is 2.20 bits per heavy atom. The van der Waals surface area contributed by atoms with Gasteiger partial charge in [-0.1, -0.05) is 12.1 Å². The summed E-state index contributed by atoms with van der Waals surface area (Å²) in [6.07, 6.45) is 0.971. The normalized spacial score (nSPS) is 17.4. The molecule has 5 nitrogen and oxygen atoms in total. The van der Waals surface area contributed by atoms with E-state index >= 15 is 0 Å². The number of amides is 1. The molecule has 1 amide bonds. The van der Waals surface area contributed by atoms with Crippen LogP contribution >= 0.6 is 12.4 Å². The quantitative estimate of drug-likeness (QED) is 0.776. The third-order valence-corrected chi connectivity index (χ3v) is 3.07. The number of hydrogen-bond donors (Lipinski definition) is 2. The second kappa shape index (κ2) is 8.79. The lowest BCUT2D eigenvalue weighted by atomic mass is 10.1. The zero-order valence-corrected chi connectivity index (χ0v) is 12.4. The van der Waals surface area contributed by atoms with E-state index in [1.807, 2.05) is 12.1 Å². The third-order valence-electron chi connectivity index (χ3n) is 3.07. The summed E-state index contributed by atoms with van der Waals surface area (Å²) >= 11 is 0. The largest absolute Gasteiger partial charge is 0.490 e. The molecular weight excluding hydrogens is 280 g/mol. The lowest BCUT2D eigenvalue weighted by Crippen LogP contribution is -2.36. The molecule has 2 rings (SSSR count). The molecule has 2 N–H and O–H groups in total. The summed E-state index contributed by atoms with van der Waals surface area (Å²) in [7, 11) is 1.62. The molecule has 1 aromatic carbocycles. The molecule has 1 heterocycles. The second-order valence-electron chi connectivity index (χ2n) is 4.50. The number of nitrogens with one attached hydrogen (secondary N) is 2. The average molecular weight is 301 g/mol. The van der Waals surface area contributed by atoms with Gasteiger partial charge in [0, 0.05) is 19.7 Å². The first-order valence-corrected chi connectivity index (χ1v) is 6.53. The summed E-state index contributed by atoms with van der Waals surface area (Å²) in [5.74, 6) is 0.518. The van der Waals surface area contributed by atoms with E-state index in [4.69, 9.17) is 9.47 Å². The standard InChI is InChI=1S/C14H20N2O3.ClH/c1-18-8-9-19-13-5-3-2-4-12(13)14(17)16-11-6-7-15-10-11;/h2-5,11,15H,6-10H2,1H3,(H,16,17);1H. The van der Waals surface area contributed by atoms with E-state index in [9.17, 15) is 4.79 Å². The number of benzene rings is 1. The van der Waals surface area contributed by atoms with Crippen molar-refractivity contribution < 1.29 is 14.3 Å². The first-order valence-electron chi connectivity index (χ1n) is 6.53. The van der Waals surface area contributed by atoms with Crippen LogP contribution in [0.25, 0.3) is 0 Å². The molecule has 1 unspecified atom stereocenters. The number of ether oxygens (including phenoxy) is 2. The number of carbonyl (C=O) groups excluding carboxylic acids is 1. The lowest BCUT2D eigenvalue weighted by molar-refractivity contribution is 0.0932. The van der Waals surface area contributed by atoms with E-state index in [0.29, 0.717) is 24.5 Å². The summed E-state index contributed by atoms with van der Waals surface area (Å²) in [6, 6.07) is 7.48. The highest BCUT2D eigenvalue weighted by Gasteiger charge is 2.19. The van der Waals surface area contributed by atoms with Crippen molar-refractivity contribution in [3.05, 3.63) is 29.8 Å². The molecule has 1 aliphatic rings. The van der Waals surface area contributed by atoms with E-state index in [2.05, 4.69) is 10.6 Å². The van der Waals surface area contributed by atoms with Crippen molar-refractivity contribution in [3.63, 3.8) is 0 Å². The van der Waals surface area contributed by atoms with Crippen LogP contribution in [-0.4, -0.2) is 45.4 Å². The predicted molar refractivity (Wildman–Crippen MR) is 79.8 cm³/mol. The summed E-state index contributed by atoms with van der Waals surface area (Å²) in [4.78, 5) is 12.2. The number of rotatable bonds is 6. The van der Waals surface area contributed by atoms with Crippen LogP contribution in [-0.2, 0) is 4.74 Å². The molecule has 112 valence electrons. The van der Waals surface area contributed by atoms with Crippen LogP contribution in [0.2, 0.25) is 0 Å². The molecule has 1 saturated heterocycles. The van der Waals surface area contributed by atoms with Gasteiger partial charge < -0.3 is 20.1 Å². The minimum Gasteiger partial charge on any atom is -0.490 e. The molecule has 6 heteroatoms. The Labute approximate surface area is 125 Å². The number of hydrogen-bond acceptors (Lipinski definition) is 4. The molecule has 1 aliphatic heterocycles. The van der Waals surface area contributed by atoms with Gasteiger partial charge in [-0.2, -0.15) is 0 Å². The van der Waals surface area contributed by atoms with E-state index in [0.717, 1.165) is 19.5 Å². The van der Waals surface area contributed by atoms with E-state index in [1.54, 1.807) is 19.2 Å². The van der Waals surface area contributed by atoms with Crippen LogP contribution in [0.15, 0.2) is 24.3 Å². The second-order valence-corrected chi connectivity index (χ2v) is 4.50. The maximum Gasteiger partial charge on any atom is 0.255 e. The Kier molecular flexibility index (Phi) is 7.36. The SMILES string of the molecule is COCCOc1ccccc1C(=O)NC1CCNC1.Cl. The molecular formula is C14H21ClN2O3. The fourth-order valence-electron chi connectivity index (χ4n) is 2.06. The highest BCUT2D eigenvalue weighted by atomic mass is 35.5. The van der Waals surface area contributed by atoms with Gasteiger partial charge in [0.1, 0.15) is 12.4 Å². The monoisotopic (exact) mass is 300 g/mol. The maximum atomic E-state index is 12.2. The summed E-state index contributed by atoms with van der Waals surface area (Å²) < 4.78 is 10.5. The molecule has 1 aromatic rings. The first kappa shape index (κ1) is 16.8. The summed E-state index contributed by atoms with van der Waals surface area (Å²) in [5, 5.41) is 6.24. The minimum absolute atomic E-state index is 0.